The van der Waals surface area contributed by atoms with Crippen LogP contribution in [-0.2, 0) is 27.0 Å². The summed E-state index contributed by atoms with van der Waals surface area (Å²) < 4.78 is 48.5. The maximum absolute atomic E-state index is 12.8. The molecule has 0 radical (unpaired) electrons. The Morgan fingerprint density at radius 1 is 1.06 bits per heavy atom. The topological polar surface area (TPSA) is 67.9 Å². The Kier molecular flexibility index (Phi) is 8.44. The summed E-state index contributed by atoms with van der Waals surface area (Å²) in [6.07, 6.45) is -4.43. The van der Waals surface area contributed by atoms with Crippen LogP contribution in [0.2, 0.25) is 0 Å². The van der Waals surface area contributed by atoms with Crippen LogP contribution < -0.4 is 10.1 Å². The highest BCUT2D eigenvalue weighted by atomic mass is 19.4. The third kappa shape index (κ3) is 7.60. The number of amides is 1. The largest absolute Gasteiger partial charge is 0.495 e. The van der Waals surface area contributed by atoms with E-state index < -0.39 is 23.6 Å². The molecule has 0 aliphatic rings. The molecule has 2 aromatic carbocycles. The molecule has 0 saturated heterocycles. The molecular formula is C22H25F3N2O4. The van der Waals surface area contributed by atoms with E-state index in [1.165, 1.54) is 24.1 Å². The van der Waals surface area contributed by atoms with Crippen LogP contribution in [0, 0.1) is 6.92 Å². The zero-order valence-corrected chi connectivity index (χ0v) is 17.6. The predicted molar refractivity (Wildman–Crippen MR) is 110 cm³/mol. The number of carbonyl (C=O) groups is 2. The highest BCUT2D eigenvalue weighted by Gasteiger charge is 2.30. The van der Waals surface area contributed by atoms with Gasteiger partial charge in [-0.2, -0.15) is 13.2 Å². The minimum absolute atomic E-state index is 0.0926. The van der Waals surface area contributed by atoms with Gasteiger partial charge in [-0.1, -0.05) is 18.2 Å². The monoisotopic (exact) mass is 438 g/mol. The second-order valence-corrected chi connectivity index (χ2v) is 6.90. The summed E-state index contributed by atoms with van der Waals surface area (Å²) in [5.41, 5.74) is 1.16. The molecule has 0 aromatic heterocycles. The molecule has 0 atom stereocenters. The van der Waals surface area contributed by atoms with Crippen LogP contribution >= 0.6 is 0 Å². The van der Waals surface area contributed by atoms with E-state index in [1.54, 1.807) is 19.1 Å². The number of alkyl halides is 3. The number of nitrogens with one attached hydrogen (secondary N) is 1. The lowest BCUT2D eigenvalue weighted by atomic mass is 10.1. The first-order chi connectivity index (χ1) is 14.6. The van der Waals surface area contributed by atoms with Gasteiger partial charge in [0, 0.05) is 6.54 Å². The number of benzene rings is 2. The molecule has 0 unspecified atom stereocenters. The number of methoxy groups -OCH3 is 1. The highest BCUT2D eigenvalue weighted by molar-refractivity contribution is 5.94. The Balaban J connectivity index is 2.13. The van der Waals surface area contributed by atoms with E-state index in [-0.39, 0.29) is 26.2 Å². The molecule has 0 fully saturated rings. The predicted octanol–water partition coefficient (Wildman–Crippen LogP) is 4.03. The van der Waals surface area contributed by atoms with E-state index in [0.29, 0.717) is 17.0 Å². The average Bonchev–Trinajstić information content (AvgIpc) is 2.68. The second kappa shape index (κ2) is 10.8. The number of rotatable bonds is 9. The van der Waals surface area contributed by atoms with Crippen molar-refractivity contribution in [2.75, 3.05) is 32.1 Å². The van der Waals surface area contributed by atoms with Gasteiger partial charge in [0.25, 0.3) is 0 Å². The van der Waals surface area contributed by atoms with E-state index >= 15 is 0 Å². The Morgan fingerprint density at radius 3 is 2.32 bits per heavy atom. The van der Waals surface area contributed by atoms with E-state index in [4.69, 9.17) is 9.47 Å². The van der Waals surface area contributed by atoms with Crippen molar-refractivity contribution in [1.29, 1.82) is 0 Å². The smallest absolute Gasteiger partial charge is 0.416 e. The van der Waals surface area contributed by atoms with Crippen LogP contribution in [0.5, 0.6) is 5.75 Å². The summed E-state index contributed by atoms with van der Waals surface area (Å²) in [7, 11) is 1.48. The van der Waals surface area contributed by atoms with Crippen molar-refractivity contribution < 1.29 is 32.2 Å². The van der Waals surface area contributed by atoms with Crippen molar-refractivity contribution in [2.45, 2.75) is 26.6 Å². The molecule has 0 spiro atoms. The molecule has 2 rings (SSSR count). The average molecular weight is 438 g/mol. The lowest BCUT2D eigenvalue weighted by Crippen LogP contribution is -2.37. The molecule has 31 heavy (non-hydrogen) atoms. The number of esters is 1. The van der Waals surface area contributed by atoms with Crippen LogP contribution in [0.25, 0.3) is 0 Å². The van der Waals surface area contributed by atoms with Gasteiger partial charge in [-0.05, 0) is 49.2 Å². The molecule has 0 saturated carbocycles. The van der Waals surface area contributed by atoms with Crippen molar-refractivity contribution >= 4 is 17.6 Å². The first-order valence-electron chi connectivity index (χ1n) is 9.61. The van der Waals surface area contributed by atoms with Crippen molar-refractivity contribution in [3.63, 3.8) is 0 Å². The molecule has 0 aliphatic heterocycles. The molecule has 0 bridgehead atoms. The van der Waals surface area contributed by atoms with Crippen LogP contribution in [0.15, 0.2) is 42.5 Å². The van der Waals surface area contributed by atoms with E-state index in [9.17, 15) is 22.8 Å². The normalized spacial score (nSPS) is 11.3. The quantitative estimate of drug-likeness (QED) is 0.599. The zero-order valence-electron chi connectivity index (χ0n) is 17.6. The summed E-state index contributed by atoms with van der Waals surface area (Å²) in [6, 6.07) is 9.90. The minimum atomic E-state index is -4.43. The van der Waals surface area contributed by atoms with Gasteiger partial charge >= 0.3 is 12.1 Å². The molecule has 1 amide bonds. The standard InChI is InChI=1S/C22H25F3N2O4/c1-4-31-21(29)14-27(12-16-6-8-17(9-7-16)22(23,24)25)13-20(28)26-18-11-15(2)5-10-19(18)30-3/h5-11H,4,12-14H2,1-3H3,(H,26,28). The Hall–Kier alpha value is -3.07. The van der Waals surface area contributed by atoms with Gasteiger partial charge in [0.2, 0.25) is 5.91 Å². The summed E-state index contributed by atoms with van der Waals surface area (Å²) in [6.45, 7) is 3.45. The summed E-state index contributed by atoms with van der Waals surface area (Å²) >= 11 is 0. The van der Waals surface area contributed by atoms with Gasteiger partial charge in [-0.3, -0.25) is 14.5 Å². The SMILES string of the molecule is CCOC(=O)CN(CC(=O)Nc1cc(C)ccc1OC)Cc1ccc(C(F)(F)F)cc1. The minimum Gasteiger partial charge on any atom is -0.495 e. The summed E-state index contributed by atoms with van der Waals surface area (Å²) in [5.74, 6) is -0.450. The van der Waals surface area contributed by atoms with Crippen LogP contribution in [0.3, 0.4) is 0 Å². The summed E-state index contributed by atoms with van der Waals surface area (Å²) in [5, 5.41) is 2.75. The number of nitrogens with zero attached hydrogens (tertiary/aromatic N) is 1. The molecule has 1 N–H and O–H groups in total. The van der Waals surface area contributed by atoms with Crippen LogP contribution in [0.4, 0.5) is 18.9 Å². The number of halogens is 3. The van der Waals surface area contributed by atoms with Gasteiger partial charge < -0.3 is 14.8 Å². The first kappa shape index (κ1) is 24.2. The molecular weight excluding hydrogens is 413 g/mol. The lowest BCUT2D eigenvalue weighted by molar-refractivity contribution is -0.144. The van der Waals surface area contributed by atoms with Crippen molar-refractivity contribution in [1.82, 2.24) is 4.90 Å². The van der Waals surface area contributed by atoms with Crippen LogP contribution in [0.1, 0.15) is 23.6 Å². The Labute approximate surface area is 178 Å². The van der Waals surface area contributed by atoms with Gasteiger partial charge in [-0.25, -0.2) is 0 Å². The van der Waals surface area contributed by atoms with Crippen molar-refractivity contribution in [3.8, 4) is 5.75 Å². The summed E-state index contributed by atoms with van der Waals surface area (Å²) in [4.78, 5) is 26.1. The second-order valence-electron chi connectivity index (χ2n) is 6.90. The highest BCUT2D eigenvalue weighted by Crippen LogP contribution is 2.29. The van der Waals surface area contributed by atoms with Gasteiger partial charge in [0.1, 0.15) is 5.75 Å². The fraction of sp³-hybridized carbons (Fsp3) is 0.364. The van der Waals surface area contributed by atoms with Gasteiger partial charge in [-0.15, -0.1) is 0 Å². The molecule has 168 valence electrons. The molecule has 2 aromatic rings. The zero-order chi connectivity index (χ0) is 23.0. The number of hydrogen-bond acceptors (Lipinski definition) is 5. The molecule has 0 aliphatic carbocycles. The lowest BCUT2D eigenvalue weighted by Gasteiger charge is -2.21. The fourth-order valence-electron chi connectivity index (χ4n) is 2.93. The number of hydrogen-bond donors (Lipinski definition) is 1. The number of aryl methyl sites for hydroxylation is 1. The molecule has 6 nitrogen and oxygen atoms in total. The fourth-order valence-corrected chi connectivity index (χ4v) is 2.93. The Bertz CT molecular complexity index is 899. The van der Waals surface area contributed by atoms with E-state index in [0.717, 1.165) is 17.7 Å². The number of ether oxygens (including phenoxy) is 2. The van der Waals surface area contributed by atoms with Crippen molar-refractivity contribution in [3.05, 3.63) is 59.2 Å². The third-order valence-electron chi connectivity index (χ3n) is 4.34. The van der Waals surface area contributed by atoms with E-state index in [2.05, 4.69) is 5.32 Å². The Morgan fingerprint density at radius 2 is 1.74 bits per heavy atom. The van der Waals surface area contributed by atoms with Gasteiger partial charge in [0.05, 0.1) is 38.1 Å². The maximum atomic E-state index is 12.8. The number of carbonyl (C=O) groups excluding carboxylic acids is 2. The van der Waals surface area contributed by atoms with Gasteiger partial charge in [0.15, 0.2) is 0 Å². The maximum Gasteiger partial charge on any atom is 0.416 e. The molecule has 9 heteroatoms. The van der Waals surface area contributed by atoms with Crippen molar-refractivity contribution in [2.24, 2.45) is 0 Å². The first-order valence-corrected chi connectivity index (χ1v) is 9.61. The van der Waals surface area contributed by atoms with Crippen LogP contribution in [-0.4, -0.2) is 43.6 Å². The third-order valence-corrected chi connectivity index (χ3v) is 4.34. The van der Waals surface area contributed by atoms with E-state index in [1.807, 2.05) is 13.0 Å². The number of anilines is 1. The molecule has 0 heterocycles.